The van der Waals surface area contributed by atoms with Gasteiger partial charge in [0, 0.05) is 31.1 Å². The van der Waals surface area contributed by atoms with Gasteiger partial charge in [0.05, 0.1) is 23.3 Å². The Kier molecular flexibility index (Phi) is 7.21. The minimum absolute atomic E-state index is 0.0361. The van der Waals surface area contributed by atoms with Crippen LogP contribution in [0.5, 0.6) is 0 Å². The fraction of sp³-hybridized carbons (Fsp3) is 0.588. The molecule has 6 heteroatoms. The lowest BCUT2D eigenvalue weighted by Gasteiger charge is -2.34. The van der Waals surface area contributed by atoms with Gasteiger partial charge in [0.1, 0.15) is 0 Å². The molecule has 1 N–H and O–H groups in total. The Labute approximate surface area is 147 Å². The normalized spacial score (nSPS) is 19.1. The first kappa shape index (κ1) is 18.6. The van der Waals surface area contributed by atoms with Crippen molar-refractivity contribution in [3.63, 3.8) is 0 Å². The van der Waals surface area contributed by atoms with Gasteiger partial charge >= 0.3 is 0 Å². The Morgan fingerprint density at radius 1 is 1.52 bits per heavy atom. The van der Waals surface area contributed by atoms with E-state index >= 15 is 0 Å². The Balaban J connectivity index is 1.89. The lowest BCUT2D eigenvalue weighted by atomic mass is 10.1. The summed E-state index contributed by atoms with van der Waals surface area (Å²) in [5.41, 5.74) is 0.522. The van der Waals surface area contributed by atoms with Gasteiger partial charge in [0.2, 0.25) is 0 Å². The number of benzene rings is 1. The summed E-state index contributed by atoms with van der Waals surface area (Å²) in [6, 6.07) is 5.51. The van der Waals surface area contributed by atoms with Gasteiger partial charge in [-0.25, -0.2) is 0 Å². The first-order valence-corrected chi connectivity index (χ1v) is 9.55. The van der Waals surface area contributed by atoms with Crippen LogP contribution in [0.1, 0.15) is 24.2 Å². The van der Waals surface area contributed by atoms with E-state index in [1.165, 1.54) is 0 Å². The van der Waals surface area contributed by atoms with Crippen molar-refractivity contribution in [3.05, 3.63) is 28.8 Å². The number of thioether (sulfide) groups is 1. The van der Waals surface area contributed by atoms with E-state index < -0.39 is 0 Å². The lowest BCUT2D eigenvalue weighted by Crippen LogP contribution is -2.48. The third-order valence-electron chi connectivity index (χ3n) is 3.75. The van der Waals surface area contributed by atoms with Gasteiger partial charge in [-0.2, -0.15) is 0 Å². The van der Waals surface area contributed by atoms with Crippen LogP contribution in [0.2, 0.25) is 5.02 Å². The molecule has 128 valence electrons. The molecule has 1 aliphatic heterocycles. The number of amides is 1. The van der Waals surface area contributed by atoms with E-state index in [4.69, 9.17) is 16.3 Å². The highest BCUT2D eigenvalue weighted by Gasteiger charge is 2.22. The van der Waals surface area contributed by atoms with Gasteiger partial charge in [0.25, 0.3) is 5.91 Å². The zero-order valence-electron chi connectivity index (χ0n) is 14.0. The molecule has 0 unspecified atom stereocenters. The molecule has 1 saturated heterocycles. The van der Waals surface area contributed by atoms with Crippen LogP contribution in [0.4, 0.5) is 0 Å². The van der Waals surface area contributed by atoms with E-state index in [2.05, 4.69) is 24.1 Å². The van der Waals surface area contributed by atoms with E-state index in [0.29, 0.717) is 23.0 Å². The van der Waals surface area contributed by atoms with E-state index in [9.17, 15) is 4.79 Å². The van der Waals surface area contributed by atoms with E-state index in [-0.39, 0.29) is 12.0 Å². The van der Waals surface area contributed by atoms with Crippen molar-refractivity contribution >= 4 is 29.3 Å². The van der Waals surface area contributed by atoms with Gasteiger partial charge in [-0.05, 0) is 30.4 Å². The second-order valence-corrected chi connectivity index (χ2v) is 7.49. The summed E-state index contributed by atoms with van der Waals surface area (Å²) in [7, 11) is 0. The van der Waals surface area contributed by atoms with E-state index in [1.54, 1.807) is 17.8 Å². The molecule has 0 saturated carbocycles. The van der Waals surface area contributed by atoms with Crippen LogP contribution < -0.4 is 5.32 Å². The van der Waals surface area contributed by atoms with Gasteiger partial charge in [0.15, 0.2) is 0 Å². The van der Waals surface area contributed by atoms with Crippen LogP contribution in [0.3, 0.4) is 0 Å². The SMILES string of the molecule is CSc1ccc(Cl)c(C(=O)NC[C@@H]2CN(CC(C)C)CCO2)c1. The van der Waals surface area contributed by atoms with Crippen molar-refractivity contribution in [3.8, 4) is 0 Å². The molecular weight excluding hydrogens is 332 g/mol. The van der Waals surface area contributed by atoms with E-state index in [1.807, 2.05) is 18.4 Å². The maximum absolute atomic E-state index is 12.4. The molecule has 0 aliphatic carbocycles. The van der Waals surface area contributed by atoms with Gasteiger partial charge in [-0.3, -0.25) is 9.69 Å². The summed E-state index contributed by atoms with van der Waals surface area (Å²) >= 11 is 7.73. The third kappa shape index (κ3) is 5.68. The molecule has 1 fully saturated rings. The number of carbonyl (C=O) groups excluding carboxylic acids is 1. The average molecular weight is 357 g/mol. The zero-order chi connectivity index (χ0) is 16.8. The van der Waals surface area contributed by atoms with Crippen molar-refractivity contribution < 1.29 is 9.53 Å². The molecule has 1 aromatic rings. The third-order valence-corrected chi connectivity index (χ3v) is 4.81. The number of ether oxygens (including phenoxy) is 1. The number of carbonyl (C=O) groups is 1. The molecule has 1 heterocycles. The molecule has 2 rings (SSSR count). The van der Waals surface area contributed by atoms with Crippen LogP contribution >= 0.6 is 23.4 Å². The van der Waals surface area contributed by atoms with Crippen LogP contribution in [0, 0.1) is 5.92 Å². The van der Waals surface area contributed by atoms with Crippen molar-refractivity contribution in [1.29, 1.82) is 0 Å². The smallest absolute Gasteiger partial charge is 0.252 e. The molecule has 1 atom stereocenters. The topological polar surface area (TPSA) is 41.6 Å². The molecule has 1 aromatic carbocycles. The van der Waals surface area contributed by atoms with Crippen molar-refractivity contribution in [2.45, 2.75) is 24.8 Å². The molecule has 0 spiro atoms. The maximum Gasteiger partial charge on any atom is 0.252 e. The highest BCUT2D eigenvalue weighted by molar-refractivity contribution is 7.98. The Morgan fingerprint density at radius 3 is 3.00 bits per heavy atom. The number of halogens is 1. The Bertz CT molecular complexity index is 539. The largest absolute Gasteiger partial charge is 0.374 e. The van der Waals surface area contributed by atoms with Crippen molar-refractivity contribution in [2.24, 2.45) is 5.92 Å². The van der Waals surface area contributed by atoms with Gasteiger partial charge in [-0.15, -0.1) is 11.8 Å². The Hall–Kier alpha value is -0.750. The fourth-order valence-electron chi connectivity index (χ4n) is 2.69. The molecule has 1 aliphatic rings. The lowest BCUT2D eigenvalue weighted by molar-refractivity contribution is -0.0295. The monoisotopic (exact) mass is 356 g/mol. The van der Waals surface area contributed by atoms with Crippen LogP contribution in [-0.2, 0) is 4.74 Å². The standard InChI is InChI=1S/C17H25ClN2O2S/c1-12(2)10-20-6-7-22-13(11-20)9-19-17(21)15-8-14(23-3)4-5-16(15)18/h4-5,8,12-13H,6-7,9-11H2,1-3H3,(H,19,21)/t13-/m1/s1. The molecule has 0 aromatic heterocycles. The highest BCUT2D eigenvalue weighted by atomic mass is 35.5. The quantitative estimate of drug-likeness (QED) is 0.795. The predicted octanol–water partition coefficient (Wildman–Crippen LogP) is 3.15. The summed E-state index contributed by atoms with van der Waals surface area (Å²) in [5.74, 6) is 0.493. The number of hydrogen-bond donors (Lipinski definition) is 1. The van der Waals surface area contributed by atoms with Crippen molar-refractivity contribution in [1.82, 2.24) is 10.2 Å². The summed E-state index contributed by atoms with van der Waals surface area (Å²) in [5, 5.41) is 3.43. The average Bonchev–Trinajstić information content (AvgIpc) is 2.53. The first-order valence-electron chi connectivity index (χ1n) is 7.95. The summed E-state index contributed by atoms with van der Waals surface area (Å²) in [6.45, 7) is 8.54. The maximum atomic E-state index is 12.4. The zero-order valence-corrected chi connectivity index (χ0v) is 15.5. The predicted molar refractivity (Wildman–Crippen MR) is 96.6 cm³/mol. The summed E-state index contributed by atoms with van der Waals surface area (Å²) in [6.07, 6.45) is 2.01. The second kappa shape index (κ2) is 8.92. The number of nitrogens with one attached hydrogen (secondary N) is 1. The summed E-state index contributed by atoms with van der Waals surface area (Å²) < 4.78 is 5.76. The first-order chi connectivity index (χ1) is 11.0. The van der Waals surface area contributed by atoms with Gasteiger partial charge < -0.3 is 10.1 Å². The van der Waals surface area contributed by atoms with Gasteiger partial charge in [-0.1, -0.05) is 25.4 Å². The molecule has 4 nitrogen and oxygen atoms in total. The number of nitrogens with zero attached hydrogens (tertiary/aromatic N) is 1. The highest BCUT2D eigenvalue weighted by Crippen LogP contribution is 2.23. The molecular formula is C17H25ClN2O2S. The van der Waals surface area contributed by atoms with Crippen LogP contribution in [0.15, 0.2) is 23.1 Å². The molecule has 0 bridgehead atoms. The minimum Gasteiger partial charge on any atom is -0.374 e. The number of rotatable bonds is 6. The minimum atomic E-state index is -0.143. The number of hydrogen-bond acceptors (Lipinski definition) is 4. The molecule has 1 amide bonds. The van der Waals surface area contributed by atoms with Crippen molar-refractivity contribution in [2.75, 3.05) is 39.0 Å². The molecule has 23 heavy (non-hydrogen) atoms. The Morgan fingerprint density at radius 2 is 2.30 bits per heavy atom. The number of morpholine rings is 1. The molecule has 0 radical (unpaired) electrons. The van der Waals surface area contributed by atoms with Crippen LogP contribution in [-0.4, -0.2) is 56.0 Å². The van der Waals surface area contributed by atoms with E-state index in [0.717, 1.165) is 31.1 Å². The second-order valence-electron chi connectivity index (χ2n) is 6.20. The summed E-state index contributed by atoms with van der Waals surface area (Å²) in [4.78, 5) is 15.8. The van der Waals surface area contributed by atoms with Crippen LogP contribution in [0.25, 0.3) is 0 Å². The fourth-order valence-corrected chi connectivity index (χ4v) is 3.34.